The van der Waals surface area contributed by atoms with Crippen LogP contribution in [-0.2, 0) is 0 Å². The Bertz CT molecular complexity index is 855. The predicted molar refractivity (Wildman–Crippen MR) is 120 cm³/mol. The van der Waals surface area contributed by atoms with Crippen LogP contribution in [0, 0.1) is 0 Å². The van der Waals surface area contributed by atoms with E-state index in [9.17, 15) is 4.79 Å². The van der Waals surface area contributed by atoms with Gasteiger partial charge in [-0.2, -0.15) is 0 Å². The molecule has 0 unspecified atom stereocenters. The standard InChI is InChI=1S/C23H30N6O/c1-26-10-14-28(15-11-26)22-18-21(24-19-25-22)23(30)29-16-12-27(13-17-29)9-5-8-20-6-3-2-4-7-20/h2-8,18-19H,9-17H2,1H3/b8-5+. The summed E-state index contributed by atoms with van der Waals surface area (Å²) in [5.41, 5.74) is 1.71. The Labute approximate surface area is 178 Å². The van der Waals surface area contributed by atoms with Gasteiger partial charge in [-0.15, -0.1) is 0 Å². The van der Waals surface area contributed by atoms with Crippen LogP contribution < -0.4 is 4.90 Å². The summed E-state index contributed by atoms with van der Waals surface area (Å²) in [4.78, 5) is 30.4. The molecule has 2 aliphatic rings. The molecular formula is C23H30N6O. The highest BCUT2D eigenvalue weighted by atomic mass is 16.2. The second-order valence-electron chi connectivity index (χ2n) is 7.96. The van der Waals surface area contributed by atoms with E-state index in [2.05, 4.69) is 56.0 Å². The van der Waals surface area contributed by atoms with Crippen molar-refractivity contribution in [1.29, 1.82) is 0 Å². The first-order valence-electron chi connectivity index (χ1n) is 10.7. The molecule has 0 saturated carbocycles. The maximum Gasteiger partial charge on any atom is 0.272 e. The zero-order chi connectivity index (χ0) is 20.8. The minimum absolute atomic E-state index is 0.00672. The molecule has 4 rings (SSSR count). The van der Waals surface area contributed by atoms with Gasteiger partial charge in [-0.1, -0.05) is 42.5 Å². The molecule has 0 radical (unpaired) electrons. The van der Waals surface area contributed by atoms with Crippen LogP contribution in [0.25, 0.3) is 6.08 Å². The van der Waals surface area contributed by atoms with Crippen molar-refractivity contribution in [3.05, 3.63) is 60.1 Å². The quantitative estimate of drug-likeness (QED) is 0.753. The Hall–Kier alpha value is -2.77. The number of amides is 1. The first-order valence-corrected chi connectivity index (χ1v) is 10.7. The maximum atomic E-state index is 13.0. The van der Waals surface area contributed by atoms with E-state index < -0.39 is 0 Å². The molecular weight excluding hydrogens is 376 g/mol. The highest BCUT2D eigenvalue weighted by Crippen LogP contribution is 2.15. The minimum atomic E-state index is 0.00672. The number of anilines is 1. The average Bonchev–Trinajstić information content (AvgIpc) is 2.80. The van der Waals surface area contributed by atoms with E-state index in [1.54, 1.807) is 0 Å². The molecule has 7 nitrogen and oxygen atoms in total. The highest BCUT2D eigenvalue weighted by molar-refractivity contribution is 5.93. The SMILES string of the molecule is CN1CCN(c2cc(C(=O)N3CCN(C/C=C/c4ccccc4)CC3)ncn2)CC1. The molecule has 0 atom stereocenters. The summed E-state index contributed by atoms with van der Waals surface area (Å²) in [5, 5.41) is 0. The molecule has 7 heteroatoms. The third-order valence-corrected chi connectivity index (χ3v) is 5.83. The number of likely N-dealkylation sites (N-methyl/N-ethyl adjacent to an activating group) is 1. The van der Waals surface area contributed by atoms with Gasteiger partial charge in [0, 0.05) is 65.0 Å². The van der Waals surface area contributed by atoms with Gasteiger partial charge in [0.1, 0.15) is 17.8 Å². The first-order chi connectivity index (χ1) is 14.7. The number of hydrogen-bond acceptors (Lipinski definition) is 6. The van der Waals surface area contributed by atoms with Crippen LogP contribution >= 0.6 is 0 Å². The van der Waals surface area contributed by atoms with Crippen LogP contribution in [0.3, 0.4) is 0 Å². The van der Waals surface area contributed by atoms with Crippen molar-refractivity contribution in [2.75, 3.05) is 70.9 Å². The summed E-state index contributed by atoms with van der Waals surface area (Å²) in [6, 6.07) is 12.2. The smallest absolute Gasteiger partial charge is 0.272 e. The van der Waals surface area contributed by atoms with E-state index in [1.807, 2.05) is 29.2 Å². The molecule has 1 amide bonds. The maximum absolute atomic E-state index is 13.0. The van der Waals surface area contributed by atoms with Crippen LogP contribution in [0.2, 0.25) is 0 Å². The summed E-state index contributed by atoms with van der Waals surface area (Å²) in [7, 11) is 2.13. The molecule has 1 aromatic heterocycles. The Morgan fingerprint density at radius 3 is 2.43 bits per heavy atom. The Morgan fingerprint density at radius 1 is 0.967 bits per heavy atom. The van der Waals surface area contributed by atoms with E-state index in [-0.39, 0.29) is 5.91 Å². The summed E-state index contributed by atoms with van der Waals surface area (Å²) < 4.78 is 0. The summed E-state index contributed by atoms with van der Waals surface area (Å²) in [6.07, 6.45) is 5.86. The molecule has 0 aliphatic carbocycles. The lowest BCUT2D eigenvalue weighted by atomic mass is 10.2. The van der Waals surface area contributed by atoms with Crippen LogP contribution in [0.1, 0.15) is 16.1 Å². The molecule has 2 aromatic rings. The zero-order valence-electron chi connectivity index (χ0n) is 17.7. The van der Waals surface area contributed by atoms with E-state index >= 15 is 0 Å². The van der Waals surface area contributed by atoms with Gasteiger partial charge in [0.25, 0.3) is 5.91 Å². The van der Waals surface area contributed by atoms with Gasteiger partial charge in [-0.05, 0) is 12.6 Å². The Morgan fingerprint density at radius 2 is 1.70 bits per heavy atom. The van der Waals surface area contributed by atoms with Gasteiger partial charge >= 0.3 is 0 Å². The highest BCUT2D eigenvalue weighted by Gasteiger charge is 2.24. The van der Waals surface area contributed by atoms with Crippen molar-refractivity contribution in [2.24, 2.45) is 0 Å². The molecule has 1 aromatic carbocycles. The second kappa shape index (κ2) is 9.82. The lowest BCUT2D eigenvalue weighted by Crippen LogP contribution is -2.49. The van der Waals surface area contributed by atoms with Crippen molar-refractivity contribution < 1.29 is 4.79 Å². The zero-order valence-corrected chi connectivity index (χ0v) is 17.7. The largest absolute Gasteiger partial charge is 0.354 e. The first kappa shape index (κ1) is 20.5. The van der Waals surface area contributed by atoms with Crippen molar-refractivity contribution in [3.8, 4) is 0 Å². The van der Waals surface area contributed by atoms with Gasteiger partial charge in [0.2, 0.25) is 0 Å². The number of benzene rings is 1. The number of carbonyl (C=O) groups is 1. The molecule has 2 saturated heterocycles. The minimum Gasteiger partial charge on any atom is -0.354 e. The Balaban J connectivity index is 1.29. The topological polar surface area (TPSA) is 55.8 Å². The van der Waals surface area contributed by atoms with Crippen LogP contribution in [0.5, 0.6) is 0 Å². The third kappa shape index (κ3) is 5.23. The van der Waals surface area contributed by atoms with E-state index in [0.29, 0.717) is 5.69 Å². The normalized spacial score (nSPS) is 18.8. The fourth-order valence-corrected chi connectivity index (χ4v) is 3.87. The molecule has 2 aliphatic heterocycles. The van der Waals surface area contributed by atoms with Crippen LogP contribution in [0.15, 0.2) is 48.8 Å². The van der Waals surface area contributed by atoms with Gasteiger partial charge in [0.05, 0.1) is 0 Å². The van der Waals surface area contributed by atoms with Crippen LogP contribution in [0.4, 0.5) is 5.82 Å². The number of aromatic nitrogens is 2. The third-order valence-electron chi connectivity index (χ3n) is 5.83. The van der Waals surface area contributed by atoms with E-state index in [4.69, 9.17) is 0 Å². The van der Waals surface area contributed by atoms with Gasteiger partial charge < -0.3 is 14.7 Å². The number of piperazine rings is 2. The molecule has 3 heterocycles. The molecule has 158 valence electrons. The molecule has 2 fully saturated rings. The fraction of sp³-hybridized carbons (Fsp3) is 0.435. The lowest BCUT2D eigenvalue weighted by Gasteiger charge is -2.34. The van der Waals surface area contributed by atoms with Gasteiger partial charge in [-0.25, -0.2) is 9.97 Å². The lowest BCUT2D eigenvalue weighted by molar-refractivity contribution is 0.0644. The molecule has 0 N–H and O–H groups in total. The van der Waals surface area contributed by atoms with Crippen molar-refractivity contribution in [1.82, 2.24) is 24.7 Å². The second-order valence-corrected chi connectivity index (χ2v) is 7.96. The van der Waals surface area contributed by atoms with Gasteiger partial charge in [0.15, 0.2) is 0 Å². The van der Waals surface area contributed by atoms with Crippen molar-refractivity contribution >= 4 is 17.8 Å². The number of nitrogens with zero attached hydrogens (tertiary/aromatic N) is 6. The number of hydrogen-bond donors (Lipinski definition) is 0. The van der Waals surface area contributed by atoms with Crippen LogP contribution in [-0.4, -0.2) is 96.5 Å². The van der Waals surface area contributed by atoms with Crippen molar-refractivity contribution in [3.63, 3.8) is 0 Å². The van der Waals surface area contributed by atoms with E-state index in [1.165, 1.54) is 11.9 Å². The Kier molecular flexibility index (Phi) is 6.71. The number of rotatable bonds is 5. The fourth-order valence-electron chi connectivity index (χ4n) is 3.87. The number of carbonyl (C=O) groups excluding carboxylic acids is 1. The molecule has 0 bridgehead atoms. The predicted octanol–water partition coefficient (Wildman–Crippen LogP) is 1.70. The summed E-state index contributed by atoms with van der Waals surface area (Å²) >= 11 is 0. The summed E-state index contributed by atoms with van der Waals surface area (Å²) in [5.74, 6) is 0.860. The van der Waals surface area contributed by atoms with Gasteiger partial charge in [-0.3, -0.25) is 9.69 Å². The summed E-state index contributed by atoms with van der Waals surface area (Å²) in [6.45, 7) is 7.98. The van der Waals surface area contributed by atoms with Crippen molar-refractivity contribution in [2.45, 2.75) is 0 Å². The molecule has 30 heavy (non-hydrogen) atoms. The monoisotopic (exact) mass is 406 g/mol. The average molecular weight is 407 g/mol. The van der Waals surface area contributed by atoms with E-state index in [0.717, 1.165) is 64.7 Å². The molecule has 0 spiro atoms.